The first-order valence-electron chi connectivity index (χ1n) is 10.1. The van der Waals surface area contributed by atoms with Gasteiger partial charge in [-0.05, 0) is 44.5 Å². The van der Waals surface area contributed by atoms with E-state index >= 15 is 0 Å². The van der Waals surface area contributed by atoms with Crippen molar-refractivity contribution in [1.82, 2.24) is 10.1 Å². The Balaban J connectivity index is 1.45. The van der Waals surface area contributed by atoms with E-state index in [1.54, 1.807) is 0 Å². The van der Waals surface area contributed by atoms with Crippen molar-refractivity contribution >= 4 is 11.6 Å². The maximum absolute atomic E-state index is 12.5. The first kappa shape index (κ1) is 20.8. The van der Waals surface area contributed by atoms with Crippen LogP contribution in [0.5, 0.6) is 0 Å². The smallest absolute Gasteiger partial charge is 0.238 e. The first-order chi connectivity index (χ1) is 14.1. The highest BCUT2D eigenvalue weighted by molar-refractivity contribution is 5.93. The third-order valence-electron chi connectivity index (χ3n) is 5.01. The van der Waals surface area contributed by atoms with Crippen LogP contribution in [0.2, 0.25) is 0 Å². The molecule has 0 atom stereocenters. The Morgan fingerprint density at radius 1 is 1.14 bits per heavy atom. The zero-order chi connectivity index (χ0) is 20.6. The van der Waals surface area contributed by atoms with E-state index in [2.05, 4.69) is 23.5 Å². The molecular formula is C24H29N3O2. The Morgan fingerprint density at radius 3 is 2.69 bits per heavy atom. The van der Waals surface area contributed by atoms with E-state index in [-0.39, 0.29) is 5.91 Å². The van der Waals surface area contributed by atoms with E-state index in [1.165, 1.54) is 5.56 Å². The second-order valence-electron chi connectivity index (χ2n) is 7.40. The van der Waals surface area contributed by atoms with E-state index in [0.29, 0.717) is 6.54 Å². The number of likely N-dealkylation sites (N-methyl/N-ethyl adjacent to an activating group) is 1. The quantitative estimate of drug-likeness (QED) is 0.574. The monoisotopic (exact) mass is 391 g/mol. The van der Waals surface area contributed by atoms with Crippen LogP contribution in [-0.4, -0.2) is 36.1 Å². The minimum Gasteiger partial charge on any atom is -0.361 e. The zero-order valence-corrected chi connectivity index (χ0v) is 17.4. The largest absolute Gasteiger partial charge is 0.361 e. The van der Waals surface area contributed by atoms with E-state index in [1.807, 2.05) is 67.4 Å². The number of aryl methyl sites for hydroxylation is 3. The van der Waals surface area contributed by atoms with E-state index < -0.39 is 0 Å². The fourth-order valence-electron chi connectivity index (χ4n) is 3.40. The summed E-state index contributed by atoms with van der Waals surface area (Å²) in [4.78, 5) is 14.5. The second kappa shape index (κ2) is 10.0. The van der Waals surface area contributed by atoms with Crippen molar-refractivity contribution in [3.05, 3.63) is 71.5 Å². The highest BCUT2D eigenvalue weighted by Crippen LogP contribution is 2.21. The Hall–Kier alpha value is -2.92. The minimum atomic E-state index is 0.0162. The summed E-state index contributed by atoms with van der Waals surface area (Å²) in [6.07, 6.45) is 2.59. The molecule has 0 unspecified atom stereocenters. The molecule has 3 rings (SSSR count). The lowest BCUT2D eigenvalue weighted by atomic mass is 10.1. The Morgan fingerprint density at radius 2 is 1.93 bits per heavy atom. The van der Waals surface area contributed by atoms with E-state index in [9.17, 15) is 4.79 Å². The van der Waals surface area contributed by atoms with Gasteiger partial charge in [-0.1, -0.05) is 60.6 Å². The highest BCUT2D eigenvalue weighted by Gasteiger charge is 2.12. The summed E-state index contributed by atoms with van der Waals surface area (Å²) in [6, 6.07) is 18.1. The van der Waals surface area contributed by atoms with Gasteiger partial charge in [0.2, 0.25) is 5.91 Å². The summed E-state index contributed by atoms with van der Waals surface area (Å²) < 4.78 is 5.45. The van der Waals surface area contributed by atoms with Crippen LogP contribution < -0.4 is 5.32 Å². The summed E-state index contributed by atoms with van der Waals surface area (Å²) in [5, 5.41) is 7.23. The van der Waals surface area contributed by atoms with Crippen LogP contribution in [0, 0.1) is 6.92 Å². The lowest BCUT2D eigenvalue weighted by Crippen LogP contribution is -2.31. The average molecular weight is 392 g/mol. The molecule has 5 heteroatoms. The Kier molecular flexibility index (Phi) is 7.19. The molecule has 3 aromatic rings. The van der Waals surface area contributed by atoms with Crippen molar-refractivity contribution in [2.24, 2.45) is 0 Å². The lowest BCUT2D eigenvalue weighted by molar-refractivity contribution is -0.117. The lowest BCUT2D eigenvalue weighted by Gasteiger charge is -2.18. The number of hydrogen-bond acceptors (Lipinski definition) is 4. The van der Waals surface area contributed by atoms with Crippen LogP contribution in [0.4, 0.5) is 5.69 Å². The number of nitrogens with zero attached hydrogens (tertiary/aromatic N) is 2. The summed E-state index contributed by atoms with van der Waals surface area (Å²) in [7, 11) is 1.97. The molecule has 0 radical (unpaired) electrons. The number of amides is 1. The fourth-order valence-corrected chi connectivity index (χ4v) is 3.40. The maximum atomic E-state index is 12.5. The fraction of sp³-hybridized carbons (Fsp3) is 0.333. The van der Waals surface area contributed by atoms with Crippen LogP contribution in [-0.2, 0) is 17.6 Å². The first-order valence-corrected chi connectivity index (χ1v) is 10.1. The summed E-state index contributed by atoms with van der Waals surface area (Å²) >= 11 is 0. The standard InChI is InChI=1S/C24H29N3O2/c1-4-19-13-8-10-18(2)24(19)25-23(28)17-27(3)15-9-14-21-16-22(26-29-21)20-11-6-5-7-12-20/h5-8,10-13,16H,4,9,14-15,17H2,1-3H3,(H,25,28). The molecule has 29 heavy (non-hydrogen) atoms. The van der Waals surface area contributed by atoms with Gasteiger partial charge in [0.15, 0.2) is 0 Å². The molecule has 0 fully saturated rings. The van der Waals surface area contributed by atoms with Crippen LogP contribution in [0.25, 0.3) is 11.3 Å². The topological polar surface area (TPSA) is 58.4 Å². The van der Waals surface area contributed by atoms with Crippen molar-refractivity contribution in [2.75, 3.05) is 25.5 Å². The molecule has 0 aliphatic heterocycles. The Bertz CT molecular complexity index is 934. The molecular weight excluding hydrogens is 362 g/mol. The zero-order valence-electron chi connectivity index (χ0n) is 17.4. The van der Waals surface area contributed by atoms with Crippen molar-refractivity contribution in [2.45, 2.75) is 33.1 Å². The SMILES string of the molecule is CCc1cccc(C)c1NC(=O)CN(C)CCCc1cc(-c2ccccc2)no1. The Labute approximate surface area is 172 Å². The molecule has 152 valence electrons. The number of hydrogen-bond donors (Lipinski definition) is 1. The van der Waals surface area contributed by atoms with Crippen molar-refractivity contribution < 1.29 is 9.32 Å². The van der Waals surface area contributed by atoms with Gasteiger partial charge in [0.05, 0.1) is 6.54 Å². The normalized spacial score (nSPS) is 11.0. The molecule has 0 aliphatic rings. The van der Waals surface area contributed by atoms with Gasteiger partial charge in [-0.25, -0.2) is 0 Å². The molecule has 0 aliphatic carbocycles. The third kappa shape index (κ3) is 5.78. The van der Waals surface area contributed by atoms with Gasteiger partial charge in [0.25, 0.3) is 0 Å². The predicted octanol–water partition coefficient (Wildman–Crippen LogP) is 4.72. The molecule has 1 N–H and O–H groups in total. The van der Waals surface area contributed by atoms with Crippen molar-refractivity contribution in [1.29, 1.82) is 0 Å². The average Bonchev–Trinajstić information content (AvgIpc) is 3.19. The van der Waals surface area contributed by atoms with Crippen LogP contribution in [0.3, 0.4) is 0 Å². The molecule has 0 bridgehead atoms. The van der Waals surface area contributed by atoms with Gasteiger partial charge in [0.1, 0.15) is 11.5 Å². The molecule has 2 aromatic carbocycles. The van der Waals surface area contributed by atoms with Gasteiger partial charge in [-0.3, -0.25) is 9.69 Å². The molecule has 1 amide bonds. The van der Waals surface area contributed by atoms with Gasteiger partial charge in [-0.2, -0.15) is 0 Å². The highest BCUT2D eigenvalue weighted by atomic mass is 16.5. The molecule has 0 saturated heterocycles. The van der Waals surface area contributed by atoms with E-state index in [4.69, 9.17) is 4.52 Å². The van der Waals surface area contributed by atoms with Crippen LogP contribution in [0.1, 0.15) is 30.2 Å². The number of carbonyl (C=O) groups is 1. The molecule has 1 heterocycles. The number of benzene rings is 2. The van der Waals surface area contributed by atoms with Crippen molar-refractivity contribution in [3.63, 3.8) is 0 Å². The molecule has 5 nitrogen and oxygen atoms in total. The van der Waals surface area contributed by atoms with Crippen LogP contribution >= 0.6 is 0 Å². The maximum Gasteiger partial charge on any atom is 0.238 e. The van der Waals surface area contributed by atoms with Gasteiger partial charge >= 0.3 is 0 Å². The number of para-hydroxylation sites is 1. The molecule has 0 spiro atoms. The number of nitrogens with one attached hydrogen (secondary N) is 1. The number of anilines is 1. The predicted molar refractivity (Wildman–Crippen MR) is 117 cm³/mol. The van der Waals surface area contributed by atoms with Crippen molar-refractivity contribution in [3.8, 4) is 11.3 Å². The summed E-state index contributed by atoms with van der Waals surface area (Å²) in [6.45, 7) is 5.30. The minimum absolute atomic E-state index is 0.0162. The summed E-state index contributed by atoms with van der Waals surface area (Å²) in [5.41, 5.74) is 5.13. The van der Waals surface area contributed by atoms with E-state index in [0.717, 1.165) is 54.1 Å². The van der Waals surface area contributed by atoms with Crippen LogP contribution in [0.15, 0.2) is 59.1 Å². The number of carbonyl (C=O) groups excluding carboxylic acids is 1. The van der Waals surface area contributed by atoms with Gasteiger partial charge in [-0.15, -0.1) is 0 Å². The second-order valence-corrected chi connectivity index (χ2v) is 7.40. The van der Waals surface area contributed by atoms with Gasteiger partial charge in [0, 0.05) is 23.7 Å². The number of rotatable bonds is 9. The third-order valence-corrected chi connectivity index (χ3v) is 5.01. The van der Waals surface area contributed by atoms with Gasteiger partial charge < -0.3 is 9.84 Å². The number of aromatic nitrogens is 1. The molecule has 1 aromatic heterocycles. The molecule has 0 saturated carbocycles. The summed E-state index contributed by atoms with van der Waals surface area (Å²) in [5.74, 6) is 0.886.